The van der Waals surface area contributed by atoms with Crippen molar-refractivity contribution in [2.24, 2.45) is 0 Å². The van der Waals surface area contributed by atoms with Crippen LogP contribution in [0.5, 0.6) is 0 Å². The molecule has 0 aliphatic carbocycles. The second-order valence-corrected chi connectivity index (χ2v) is 6.80. The molecule has 1 aromatic heterocycles. The van der Waals surface area contributed by atoms with Crippen molar-refractivity contribution in [1.82, 2.24) is 4.98 Å². The molecule has 1 heterocycles. The molecule has 0 spiro atoms. The lowest BCUT2D eigenvalue weighted by molar-refractivity contribution is 0.0595. The number of carbonyl (C=O) groups is 1. The van der Waals surface area contributed by atoms with Crippen LogP contribution in [0.15, 0.2) is 26.6 Å². The Morgan fingerprint density at radius 1 is 1.44 bits per heavy atom. The van der Waals surface area contributed by atoms with Gasteiger partial charge in [0.15, 0.2) is 9.61 Å². The van der Waals surface area contributed by atoms with E-state index < -0.39 is 5.97 Å². The molecular weight excluding hydrogens is 405 g/mol. The highest BCUT2D eigenvalue weighted by molar-refractivity contribution is 9.11. The second kappa shape index (κ2) is 5.69. The molecule has 0 amide bonds. The summed E-state index contributed by atoms with van der Waals surface area (Å²) in [4.78, 5) is 16.5. The molecule has 0 saturated carbocycles. The van der Waals surface area contributed by atoms with Gasteiger partial charge >= 0.3 is 5.97 Å². The van der Waals surface area contributed by atoms with Crippen LogP contribution in [0.3, 0.4) is 0 Å². The summed E-state index contributed by atoms with van der Waals surface area (Å²) >= 11 is 14.0. The summed E-state index contributed by atoms with van der Waals surface area (Å²) in [6.07, 6.45) is 0. The minimum atomic E-state index is -0.467. The number of benzene rings is 1. The number of aromatic nitrogens is 1. The van der Waals surface area contributed by atoms with E-state index in [4.69, 9.17) is 16.3 Å². The first-order valence-corrected chi connectivity index (χ1v) is 7.51. The Kier molecular flexibility index (Phi) is 4.42. The molecule has 2 rings (SSSR count). The van der Waals surface area contributed by atoms with Gasteiger partial charge in [-0.15, -0.1) is 11.3 Å². The number of hydrogen-bond acceptors (Lipinski definition) is 4. The normalized spacial score (nSPS) is 10.4. The highest BCUT2D eigenvalue weighted by Gasteiger charge is 2.19. The van der Waals surface area contributed by atoms with Gasteiger partial charge in [0.25, 0.3) is 0 Å². The van der Waals surface area contributed by atoms with E-state index >= 15 is 0 Å². The molecule has 0 N–H and O–H groups in total. The average molecular weight is 412 g/mol. The standard InChI is InChI=1S/C11H6Br2ClNO2S/c1-17-10(16)8-9(18-11(13)15-8)5-2-3-6(12)7(14)4-5/h2-4H,1H3. The van der Waals surface area contributed by atoms with Crippen molar-refractivity contribution in [1.29, 1.82) is 0 Å². The molecule has 2 aromatic rings. The monoisotopic (exact) mass is 409 g/mol. The maximum absolute atomic E-state index is 11.6. The Hall–Kier alpha value is -0.430. The summed E-state index contributed by atoms with van der Waals surface area (Å²) in [5.41, 5.74) is 1.11. The van der Waals surface area contributed by atoms with Gasteiger partial charge in [0, 0.05) is 4.47 Å². The van der Waals surface area contributed by atoms with Crippen molar-refractivity contribution in [2.75, 3.05) is 7.11 Å². The molecule has 0 bridgehead atoms. The third kappa shape index (κ3) is 2.77. The van der Waals surface area contributed by atoms with Crippen LogP contribution in [0, 0.1) is 0 Å². The number of methoxy groups -OCH3 is 1. The average Bonchev–Trinajstić information content (AvgIpc) is 2.74. The van der Waals surface area contributed by atoms with Crippen molar-refractivity contribution in [3.63, 3.8) is 0 Å². The quantitative estimate of drug-likeness (QED) is 0.668. The zero-order valence-corrected chi connectivity index (χ0v) is 13.8. The molecule has 0 aliphatic rings. The molecule has 0 aliphatic heterocycles. The number of esters is 1. The van der Waals surface area contributed by atoms with Gasteiger partial charge in [-0.05, 0) is 49.6 Å². The van der Waals surface area contributed by atoms with E-state index in [-0.39, 0.29) is 5.69 Å². The number of hydrogen-bond donors (Lipinski definition) is 0. The molecule has 0 radical (unpaired) electrons. The minimum Gasteiger partial charge on any atom is -0.464 e. The Morgan fingerprint density at radius 3 is 2.78 bits per heavy atom. The molecule has 7 heteroatoms. The molecule has 0 saturated heterocycles. The molecule has 0 unspecified atom stereocenters. The van der Waals surface area contributed by atoms with E-state index in [2.05, 4.69) is 36.8 Å². The molecule has 18 heavy (non-hydrogen) atoms. The van der Waals surface area contributed by atoms with Crippen LogP contribution in [0.1, 0.15) is 10.5 Å². The van der Waals surface area contributed by atoms with E-state index in [1.54, 1.807) is 6.07 Å². The molecule has 0 atom stereocenters. The first-order valence-electron chi connectivity index (χ1n) is 4.73. The third-order valence-corrected chi connectivity index (χ3v) is 4.95. The van der Waals surface area contributed by atoms with Gasteiger partial charge in [0.05, 0.1) is 17.0 Å². The Balaban J connectivity index is 2.56. The van der Waals surface area contributed by atoms with Crippen LogP contribution in [0.2, 0.25) is 5.02 Å². The fraction of sp³-hybridized carbons (Fsp3) is 0.0909. The van der Waals surface area contributed by atoms with Gasteiger partial charge in [-0.3, -0.25) is 0 Å². The Bertz CT molecular complexity index is 615. The van der Waals surface area contributed by atoms with Crippen LogP contribution in [-0.4, -0.2) is 18.1 Å². The molecule has 3 nitrogen and oxygen atoms in total. The Labute approximate surface area is 129 Å². The summed E-state index contributed by atoms with van der Waals surface area (Å²) in [5.74, 6) is -0.467. The van der Waals surface area contributed by atoms with Crippen molar-refractivity contribution in [3.8, 4) is 10.4 Å². The number of halogens is 3. The summed E-state index contributed by atoms with van der Waals surface area (Å²) in [5, 5.41) is 0.577. The molecule has 0 fully saturated rings. The largest absolute Gasteiger partial charge is 0.464 e. The number of rotatable bonds is 2. The summed E-state index contributed by atoms with van der Waals surface area (Å²) in [6, 6.07) is 5.47. The summed E-state index contributed by atoms with van der Waals surface area (Å²) in [7, 11) is 1.33. The van der Waals surface area contributed by atoms with Gasteiger partial charge < -0.3 is 4.74 Å². The summed E-state index contributed by atoms with van der Waals surface area (Å²) in [6.45, 7) is 0. The molecule has 94 valence electrons. The van der Waals surface area contributed by atoms with E-state index in [1.807, 2.05) is 12.1 Å². The molecular formula is C11H6Br2ClNO2S. The third-order valence-electron chi connectivity index (χ3n) is 2.16. The summed E-state index contributed by atoms with van der Waals surface area (Å²) < 4.78 is 6.13. The van der Waals surface area contributed by atoms with Crippen LogP contribution >= 0.6 is 54.8 Å². The maximum atomic E-state index is 11.6. The fourth-order valence-electron chi connectivity index (χ4n) is 1.36. The van der Waals surface area contributed by atoms with Gasteiger partial charge in [0.2, 0.25) is 0 Å². The van der Waals surface area contributed by atoms with Crippen LogP contribution in [0.4, 0.5) is 0 Å². The number of carbonyl (C=O) groups excluding carboxylic acids is 1. The lowest BCUT2D eigenvalue weighted by Gasteiger charge is -2.02. The van der Waals surface area contributed by atoms with Gasteiger partial charge in [-0.1, -0.05) is 17.7 Å². The highest BCUT2D eigenvalue weighted by atomic mass is 79.9. The van der Waals surface area contributed by atoms with E-state index in [0.29, 0.717) is 8.94 Å². The second-order valence-electron chi connectivity index (χ2n) is 3.27. The lowest BCUT2D eigenvalue weighted by atomic mass is 10.1. The SMILES string of the molecule is COC(=O)c1nc(Br)sc1-c1ccc(Br)c(Cl)c1. The number of ether oxygens (including phenoxy) is 1. The van der Waals surface area contributed by atoms with Gasteiger partial charge in [-0.2, -0.15) is 0 Å². The van der Waals surface area contributed by atoms with Crippen molar-refractivity contribution in [3.05, 3.63) is 37.3 Å². The van der Waals surface area contributed by atoms with E-state index in [0.717, 1.165) is 14.9 Å². The maximum Gasteiger partial charge on any atom is 0.358 e. The smallest absolute Gasteiger partial charge is 0.358 e. The minimum absolute atomic E-state index is 0.285. The van der Waals surface area contributed by atoms with Crippen molar-refractivity contribution < 1.29 is 9.53 Å². The van der Waals surface area contributed by atoms with Gasteiger partial charge in [0.1, 0.15) is 0 Å². The zero-order chi connectivity index (χ0) is 13.3. The predicted octanol–water partition coefficient (Wildman–Crippen LogP) is 4.78. The van der Waals surface area contributed by atoms with Crippen LogP contribution in [-0.2, 0) is 4.74 Å². The van der Waals surface area contributed by atoms with Gasteiger partial charge in [-0.25, -0.2) is 9.78 Å². The van der Waals surface area contributed by atoms with E-state index in [1.165, 1.54) is 18.4 Å². The fourth-order valence-corrected chi connectivity index (χ4v) is 3.23. The van der Waals surface area contributed by atoms with Crippen molar-refractivity contribution >= 4 is 60.8 Å². The Morgan fingerprint density at radius 2 is 2.17 bits per heavy atom. The number of nitrogens with zero attached hydrogens (tertiary/aromatic N) is 1. The highest BCUT2D eigenvalue weighted by Crippen LogP contribution is 2.36. The van der Waals surface area contributed by atoms with E-state index in [9.17, 15) is 4.79 Å². The lowest BCUT2D eigenvalue weighted by Crippen LogP contribution is -2.03. The topological polar surface area (TPSA) is 39.2 Å². The predicted molar refractivity (Wildman–Crippen MR) is 79.3 cm³/mol. The molecule has 1 aromatic carbocycles. The van der Waals surface area contributed by atoms with Crippen LogP contribution in [0.25, 0.3) is 10.4 Å². The van der Waals surface area contributed by atoms with Crippen LogP contribution < -0.4 is 0 Å². The number of thiazole rings is 1. The first kappa shape index (κ1) is 14.0. The zero-order valence-electron chi connectivity index (χ0n) is 9.04. The van der Waals surface area contributed by atoms with Crippen molar-refractivity contribution in [2.45, 2.75) is 0 Å². The first-order chi connectivity index (χ1) is 8.52.